The minimum atomic E-state index is -0.230. The van der Waals surface area contributed by atoms with E-state index >= 15 is 0 Å². The zero-order valence-electron chi connectivity index (χ0n) is 41.0. The molecule has 330 valence electrons. The Balaban J connectivity index is 0.000000125. The van der Waals surface area contributed by atoms with Crippen molar-refractivity contribution in [3.8, 4) is 33.4 Å². The molecule has 0 aromatic heterocycles. The van der Waals surface area contributed by atoms with Crippen molar-refractivity contribution >= 4 is 5.57 Å². The van der Waals surface area contributed by atoms with Gasteiger partial charge in [0.2, 0.25) is 0 Å². The van der Waals surface area contributed by atoms with Gasteiger partial charge in [0.25, 0.3) is 0 Å². The average Bonchev–Trinajstić information content (AvgIpc) is 3.83. The summed E-state index contributed by atoms with van der Waals surface area (Å²) < 4.78 is 0. The third-order valence-corrected chi connectivity index (χ3v) is 15.6. The molecule has 5 aliphatic rings. The third kappa shape index (κ3) is 6.77. The second kappa shape index (κ2) is 16.3. The Kier molecular flexibility index (Phi) is 10.8. The molecule has 0 heterocycles. The minimum absolute atomic E-state index is 0.103. The molecule has 0 radical (unpaired) electrons. The highest BCUT2D eigenvalue weighted by Gasteiger charge is 2.52. The smallest absolute Gasteiger partial charge is 0.0722 e. The van der Waals surface area contributed by atoms with E-state index < -0.39 is 0 Å². The number of fused-ring (bicyclic) bond motifs is 15. The quantitative estimate of drug-likeness (QED) is 0.166. The number of hydrogen-bond acceptors (Lipinski definition) is 0. The third-order valence-electron chi connectivity index (χ3n) is 15.6. The highest BCUT2D eigenvalue weighted by Crippen LogP contribution is 2.64. The zero-order chi connectivity index (χ0) is 46.2. The lowest BCUT2D eigenvalue weighted by molar-refractivity contribution is 0.587. The predicted octanol–water partition coefficient (Wildman–Crippen LogP) is 17.5. The molecule has 12 rings (SSSR count). The van der Waals surface area contributed by atoms with E-state index in [1.807, 2.05) is 0 Å². The second-order valence-electron chi connectivity index (χ2n) is 21.6. The van der Waals surface area contributed by atoms with Gasteiger partial charge in [-0.3, -0.25) is 0 Å². The minimum Gasteiger partial charge on any atom is -0.0801 e. The molecule has 66 heavy (non-hydrogen) atoms. The fourth-order valence-electron chi connectivity index (χ4n) is 12.2. The van der Waals surface area contributed by atoms with Crippen LogP contribution in [-0.4, -0.2) is 0 Å². The van der Waals surface area contributed by atoms with E-state index in [4.69, 9.17) is 0 Å². The van der Waals surface area contributed by atoms with Gasteiger partial charge in [0.15, 0.2) is 0 Å². The van der Waals surface area contributed by atoms with E-state index in [0.717, 1.165) is 6.42 Å². The fraction of sp³-hybridized carbons (Fsp3) is 0.273. The maximum Gasteiger partial charge on any atom is 0.0722 e. The number of benzene rings is 7. The van der Waals surface area contributed by atoms with Crippen LogP contribution in [0.3, 0.4) is 0 Å². The molecule has 1 spiro atoms. The van der Waals surface area contributed by atoms with Gasteiger partial charge in [-0.1, -0.05) is 237 Å². The summed E-state index contributed by atoms with van der Waals surface area (Å²) in [4.78, 5) is 0. The summed E-state index contributed by atoms with van der Waals surface area (Å²) in [6, 6.07) is 54.6. The average molecular weight is 859 g/mol. The lowest BCUT2D eigenvalue weighted by atomic mass is 9.68. The van der Waals surface area contributed by atoms with Crippen molar-refractivity contribution < 1.29 is 0 Å². The molecule has 0 heteroatoms. The topological polar surface area (TPSA) is 0 Å². The lowest BCUT2D eigenvalue weighted by Gasteiger charge is -2.33. The number of aryl methyl sites for hydroxylation is 3. The van der Waals surface area contributed by atoms with Gasteiger partial charge in [0.05, 0.1) is 5.41 Å². The van der Waals surface area contributed by atoms with Crippen molar-refractivity contribution in [2.45, 2.75) is 117 Å². The molecule has 0 bridgehead atoms. The number of rotatable bonds is 3. The van der Waals surface area contributed by atoms with E-state index in [1.54, 1.807) is 0 Å². The van der Waals surface area contributed by atoms with Crippen LogP contribution in [0.2, 0.25) is 0 Å². The Bertz CT molecular complexity index is 3150. The lowest BCUT2D eigenvalue weighted by Crippen LogP contribution is -2.27. The highest BCUT2D eigenvalue weighted by atomic mass is 14.5. The molecule has 0 amide bonds. The number of allylic oxidation sites excluding steroid dienone is 6. The molecular weight excluding hydrogens is 793 g/mol. The van der Waals surface area contributed by atoms with Crippen LogP contribution in [0.4, 0.5) is 0 Å². The summed E-state index contributed by atoms with van der Waals surface area (Å²) in [5.41, 5.74) is 28.9. The number of hydrogen-bond donors (Lipinski definition) is 0. The predicted molar refractivity (Wildman–Crippen MR) is 283 cm³/mol. The van der Waals surface area contributed by atoms with Crippen LogP contribution < -0.4 is 0 Å². The Labute approximate surface area is 395 Å². The van der Waals surface area contributed by atoms with Crippen molar-refractivity contribution in [3.63, 3.8) is 0 Å². The first-order valence-corrected chi connectivity index (χ1v) is 24.6. The van der Waals surface area contributed by atoms with Gasteiger partial charge in [-0.25, -0.2) is 0 Å². The largest absolute Gasteiger partial charge is 0.0801 e. The van der Waals surface area contributed by atoms with Crippen molar-refractivity contribution in [1.82, 2.24) is 0 Å². The maximum atomic E-state index is 2.52. The Morgan fingerprint density at radius 3 is 1.65 bits per heavy atom. The molecule has 0 saturated carbocycles. The molecule has 0 fully saturated rings. The molecule has 7 aromatic carbocycles. The maximum absolute atomic E-state index is 2.52. The normalized spacial score (nSPS) is 17.8. The van der Waals surface area contributed by atoms with Crippen molar-refractivity contribution in [2.24, 2.45) is 0 Å². The summed E-state index contributed by atoms with van der Waals surface area (Å²) in [5, 5.41) is 0. The van der Waals surface area contributed by atoms with Gasteiger partial charge in [0, 0.05) is 10.8 Å². The van der Waals surface area contributed by atoms with Crippen molar-refractivity contribution in [1.29, 1.82) is 0 Å². The second-order valence-corrected chi connectivity index (χ2v) is 21.6. The van der Waals surface area contributed by atoms with Gasteiger partial charge >= 0.3 is 0 Å². The summed E-state index contributed by atoms with van der Waals surface area (Å²) >= 11 is 0. The Morgan fingerprint density at radius 2 is 1.03 bits per heavy atom. The molecular formula is C66H66. The van der Waals surface area contributed by atoms with Gasteiger partial charge < -0.3 is 0 Å². The highest BCUT2D eigenvalue weighted by molar-refractivity contribution is 5.97. The summed E-state index contributed by atoms with van der Waals surface area (Å²) in [6.07, 6.45) is 13.8. The van der Waals surface area contributed by atoms with E-state index in [-0.39, 0.29) is 21.7 Å². The van der Waals surface area contributed by atoms with E-state index in [1.165, 1.54) is 131 Å². The molecule has 7 aromatic rings. The van der Waals surface area contributed by atoms with Gasteiger partial charge in [-0.05, 0) is 144 Å². The van der Waals surface area contributed by atoms with Gasteiger partial charge in [0.1, 0.15) is 0 Å². The SMILES string of the molecule is CCCCc1ccc2c(c1)C(C)(C)c1ccccc1-2.Cc1cc(C(C)(C)C)cc2c1-c1ccccc1C21C2=C(CC=CC=C2)c2ccccc21.Cc1ccc2c(c1)C(C)(C)c1ccccc1-2. The molecule has 0 N–H and O–H groups in total. The Morgan fingerprint density at radius 1 is 0.500 bits per heavy atom. The zero-order valence-corrected chi connectivity index (χ0v) is 41.0. The summed E-state index contributed by atoms with van der Waals surface area (Å²) in [6.45, 7) is 23.0. The summed E-state index contributed by atoms with van der Waals surface area (Å²) in [7, 11) is 0. The van der Waals surface area contributed by atoms with Crippen molar-refractivity contribution in [2.75, 3.05) is 0 Å². The van der Waals surface area contributed by atoms with Crippen LogP contribution >= 0.6 is 0 Å². The monoisotopic (exact) mass is 859 g/mol. The summed E-state index contributed by atoms with van der Waals surface area (Å²) in [5.74, 6) is 0. The van der Waals surface area contributed by atoms with Crippen LogP contribution in [0, 0.1) is 13.8 Å². The van der Waals surface area contributed by atoms with Crippen LogP contribution in [0.25, 0.3) is 39.0 Å². The van der Waals surface area contributed by atoms with E-state index in [9.17, 15) is 0 Å². The first-order chi connectivity index (χ1) is 31.7. The molecule has 1 atom stereocenters. The Hall–Kier alpha value is -6.24. The van der Waals surface area contributed by atoms with Gasteiger partial charge in [-0.15, -0.1) is 0 Å². The van der Waals surface area contributed by atoms with Crippen molar-refractivity contribution in [3.05, 3.63) is 242 Å². The fourth-order valence-corrected chi connectivity index (χ4v) is 12.2. The molecule has 0 saturated heterocycles. The molecule has 0 aliphatic heterocycles. The first kappa shape index (κ1) is 43.6. The standard InChI is InChI=1S/C31H28.C19H22.C16H16/c1-20-18-21(30(2,3)4)19-28-29(20)24-14-9-11-17-27(24)31(28)25-15-7-5-6-12-22(25)23-13-8-10-16-26(23)31;1-4-5-8-14-11-12-16-15-9-6-7-10-17(15)19(2,3)18(16)13-14;1-11-8-9-13-12-6-4-5-7-14(12)16(2,3)15(13)10-11/h5-11,13-19H,12H2,1-4H3;6-7,9-13H,4-5,8H2,1-3H3;4-10H,1-3H3. The van der Waals surface area contributed by atoms with E-state index in [0.29, 0.717) is 0 Å². The van der Waals surface area contributed by atoms with Gasteiger partial charge in [-0.2, -0.15) is 0 Å². The van der Waals surface area contributed by atoms with E-state index in [2.05, 4.69) is 239 Å². The first-order valence-electron chi connectivity index (χ1n) is 24.6. The van der Waals surface area contributed by atoms with Crippen LogP contribution in [0.5, 0.6) is 0 Å². The molecule has 5 aliphatic carbocycles. The van der Waals surface area contributed by atoms with Crippen LogP contribution in [0.15, 0.2) is 175 Å². The van der Waals surface area contributed by atoms with Crippen LogP contribution in [0.1, 0.15) is 141 Å². The molecule has 1 unspecified atom stereocenters. The molecule has 0 nitrogen and oxygen atoms in total. The van der Waals surface area contributed by atoms with Crippen LogP contribution in [-0.2, 0) is 28.1 Å². The number of unbranched alkanes of at least 4 members (excludes halogenated alkanes) is 1.